The molecule has 2 N–H and O–H groups in total. The summed E-state index contributed by atoms with van der Waals surface area (Å²) in [5, 5.41) is 15.5. The maximum absolute atomic E-state index is 10.8. The maximum Gasteiger partial charge on any atom is 0.124 e. The number of aliphatic hydroxyl groups is 1. The lowest BCUT2D eigenvalue weighted by molar-refractivity contribution is 0.184. The van der Waals surface area contributed by atoms with Gasteiger partial charge in [0.25, 0.3) is 0 Å². The van der Waals surface area contributed by atoms with E-state index in [4.69, 9.17) is 9.72 Å². The van der Waals surface area contributed by atoms with Crippen molar-refractivity contribution in [3.8, 4) is 5.75 Å². The summed E-state index contributed by atoms with van der Waals surface area (Å²) < 4.78 is 5.76. The lowest BCUT2D eigenvalue weighted by atomic mass is 9.80. The number of rotatable bonds is 8. The fraction of sp³-hybridized carbons (Fsp3) is 0.423. The zero-order chi connectivity index (χ0) is 21.8. The SMILES string of the molecule is CCCCNC(CO)(c1ccc2ccccc2n1)c1cc(C(C)(C)C)ccc1OC. The van der Waals surface area contributed by atoms with Crippen molar-refractivity contribution in [3.63, 3.8) is 0 Å². The number of benzene rings is 2. The van der Waals surface area contributed by atoms with Crippen LogP contribution in [0.15, 0.2) is 54.6 Å². The number of aromatic nitrogens is 1. The summed E-state index contributed by atoms with van der Waals surface area (Å²) in [5.74, 6) is 0.746. The molecule has 2 aromatic carbocycles. The van der Waals surface area contributed by atoms with Gasteiger partial charge in [0.2, 0.25) is 0 Å². The molecular weight excluding hydrogens is 372 g/mol. The van der Waals surface area contributed by atoms with Gasteiger partial charge in [-0.05, 0) is 48.2 Å². The summed E-state index contributed by atoms with van der Waals surface area (Å²) in [7, 11) is 1.68. The third kappa shape index (κ3) is 4.35. The van der Waals surface area contributed by atoms with Crippen LogP contribution in [0.3, 0.4) is 0 Å². The first-order valence-electron chi connectivity index (χ1n) is 10.8. The average Bonchev–Trinajstić information content (AvgIpc) is 2.75. The molecule has 0 radical (unpaired) electrons. The molecule has 4 nitrogen and oxygen atoms in total. The van der Waals surface area contributed by atoms with Crippen molar-refractivity contribution < 1.29 is 9.84 Å². The van der Waals surface area contributed by atoms with E-state index in [1.807, 2.05) is 30.3 Å². The third-order valence-electron chi connectivity index (χ3n) is 5.76. The normalized spacial score (nSPS) is 13.9. The zero-order valence-corrected chi connectivity index (χ0v) is 18.8. The van der Waals surface area contributed by atoms with Crippen LogP contribution in [0.4, 0.5) is 0 Å². The number of hydrogen-bond acceptors (Lipinski definition) is 4. The Morgan fingerprint density at radius 2 is 1.80 bits per heavy atom. The second-order valence-corrected chi connectivity index (χ2v) is 8.90. The summed E-state index contributed by atoms with van der Waals surface area (Å²) in [6, 6.07) is 18.4. The standard InChI is InChI=1S/C26H34N2O2/c1-6-7-16-27-26(18-29,24-15-12-19-10-8-9-11-22(19)28-24)21-17-20(25(2,3)4)13-14-23(21)30-5/h8-15,17,27,29H,6-7,16,18H2,1-5H3. The molecule has 1 atom stereocenters. The molecule has 3 aromatic rings. The van der Waals surface area contributed by atoms with E-state index in [0.717, 1.165) is 47.3 Å². The van der Waals surface area contributed by atoms with E-state index in [-0.39, 0.29) is 12.0 Å². The largest absolute Gasteiger partial charge is 0.496 e. The summed E-state index contributed by atoms with van der Waals surface area (Å²) in [6.45, 7) is 9.39. The molecule has 0 aliphatic heterocycles. The molecule has 1 heterocycles. The average molecular weight is 407 g/mol. The molecule has 0 saturated heterocycles. The van der Waals surface area contributed by atoms with Crippen molar-refractivity contribution in [2.75, 3.05) is 20.3 Å². The van der Waals surface area contributed by atoms with Crippen molar-refractivity contribution in [2.45, 2.75) is 51.5 Å². The van der Waals surface area contributed by atoms with Crippen molar-refractivity contribution in [3.05, 3.63) is 71.4 Å². The molecule has 1 unspecified atom stereocenters. The highest BCUT2D eigenvalue weighted by molar-refractivity contribution is 5.78. The van der Waals surface area contributed by atoms with E-state index in [1.54, 1.807) is 7.11 Å². The first kappa shape index (κ1) is 22.3. The Kier molecular flexibility index (Phi) is 6.79. The predicted molar refractivity (Wildman–Crippen MR) is 124 cm³/mol. The molecule has 160 valence electrons. The van der Waals surface area contributed by atoms with Gasteiger partial charge in [-0.3, -0.25) is 4.98 Å². The molecular formula is C26H34N2O2. The van der Waals surface area contributed by atoms with Gasteiger partial charge in [0.1, 0.15) is 11.3 Å². The molecule has 4 heteroatoms. The highest BCUT2D eigenvalue weighted by Gasteiger charge is 2.38. The summed E-state index contributed by atoms with van der Waals surface area (Å²) in [4.78, 5) is 4.96. The van der Waals surface area contributed by atoms with Gasteiger partial charge in [0.05, 0.1) is 24.9 Å². The van der Waals surface area contributed by atoms with Gasteiger partial charge < -0.3 is 15.2 Å². The summed E-state index contributed by atoms with van der Waals surface area (Å²) in [6.07, 6.45) is 2.08. The summed E-state index contributed by atoms with van der Waals surface area (Å²) >= 11 is 0. The van der Waals surface area contributed by atoms with Gasteiger partial charge in [-0.25, -0.2) is 0 Å². The van der Waals surface area contributed by atoms with E-state index < -0.39 is 5.54 Å². The van der Waals surface area contributed by atoms with Crippen LogP contribution in [-0.2, 0) is 11.0 Å². The van der Waals surface area contributed by atoms with Gasteiger partial charge in [-0.15, -0.1) is 0 Å². The van der Waals surface area contributed by atoms with Crippen LogP contribution in [0.1, 0.15) is 57.4 Å². The Morgan fingerprint density at radius 1 is 1.03 bits per heavy atom. The van der Waals surface area contributed by atoms with Crippen molar-refractivity contribution in [1.29, 1.82) is 0 Å². The lowest BCUT2D eigenvalue weighted by Gasteiger charge is -2.36. The Hall–Kier alpha value is -2.43. The number of aliphatic hydroxyl groups excluding tert-OH is 1. The van der Waals surface area contributed by atoms with Crippen molar-refractivity contribution in [1.82, 2.24) is 10.3 Å². The second-order valence-electron chi connectivity index (χ2n) is 8.90. The van der Waals surface area contributed by atoms with Gasteiger partial charge in [-0.2, -0.15) is 0 Å². The first-order valence-corrected chi connectivity index (χ1v) is 10.8. The summed E-state index contributed by atoms with van der Waals surface area (Å²) in [5.41, 5.74) is 2.93. The van der Waals surface area contributed by atoms with Crippen LogP contribution in [-0.4, -0.2) is 30.4 Å². The number of para-hydroxylation sites is 1. The number of hydrogen-bond donors (Lipinski definition) is 2. The van der Waals surface area contributed by atoms with Gasteiger partial charge in [-0.1, -0.05) is 64.4 Å². The zero-order valence-electron chi connectivity index (χ0n) is 18.8. The smallest absolute Gasteiger partial charge is 0.124 e. The fourth-order valence-corrected chi connectivity index (χ4v) is 3.84. The molecule has 0 amide bonds. The monoisotopic (exact) mass is 406 g/mol. The fourth-order valence-electron chi connectivity index (χ4n) is 3.84. The van der Waals surface area contributed by atoms with Crippen LogP contribution in [0.5, 0.6) is 5.75 Å². The molecule has 0 bridgehead atoms. The number of nitrogens with one attached hydrogen (secondary N) is 1. The van der Waals surface area contributed by atoms with Gasteiger partial charge >= 0.3 is 0 Å². The van der Waals surface area contributed by atoms with Crippen LogP contribution in [0.2, 0.25) is 0 Å². The van der Waals surface area contributed by atoms with E-state index in [9.17, 15) is 5.11 Å². The van der Waals surface area contributed by atoms with Crippen LogP contribution < -0.4 is 10.1 Å². The van der Waals surface area contributed by atoms with Crippen molar-refractivity contribution >= 4 is 10.9 Å². The molecule has 3 rings (SSSR count). The number of pyridine rings is 1. The highest BCUT2D eigenvalue weighted by Crippen LogP contribution is 2.38. The van der Waals surface area contributed by atoms with Crippen LogP contribution in [0.25, 0.3) is 10.9 Å². The van der Waals surface area contributed by atoms with E-state index in [2.05, 4.69) is 57.3 Å². The number of fused-ring (bicyclic) bond motifs is 1. The minimum atomic E-state index is -0.855. The Bertz CT molecular complexity index is 994. The van der Waals surface area contributed by atoms with E-state index in [0.29, 0.717) is 0 Å². The molecule has 0 fully saturated rings. The topological polar surface area (TPSA) is 54.4 Å². The second kappa shape index (κ2) is 9.15. The predicted octanol–water partition coefficient (Wildman–Crippen LogP) is 5.17. The Morgan fingerprint density at radius 3 is 2.47 bits per heavy atom. The maximum atomic E-state index is 10.8. The quantitative estimate of drug-likeness (QED) is 0.507. The minimum Gasteiger partial charge on any atom is -0.496 e. The molecule has 0 saturated carbocycles. The molecule has 0 aliphatic rings. The number of ether oxygens (including phenoxy) is 1. The number of unbranched alkanes of at least 4 members (excludes halogenated alkanes) is 1. The first-order chi connectivity index (χ1) is 14.4. The van der Waals surface area contributed by atoms with Crippen LogP contribution in [0, 0.1) is 0 Å². The minimum absolute atomic E-state index is 0.0253. The lowest BCUT2D eigenvalue weighted by Crippen LogP contribution is -2.48. The van der Waals surface area contributed by atoms with Crippen LogP contribution >= 0.6 is 0 Å². The van der Waals surface area contributed by atoms with Gasteiger partial charge in [0, 0.05) is 10.9 Å². The Labute approximate surface area is 180 Å². The van der Waals surface area contributed by atoms with Crippen molar-refractivity contribution in [2.24, 2.45) is 0 Å². The highest BCUT2D eigenvalue weighted by atomic mass is 16.5. The number of methoxy groups -OCH3 is 1. The molecule has 30 heavy (non-hydrogen) atoms. The van der Waals surface area contributed by atoms with Gasteiger partial charge in [0.15, 0.2) is 0 Å². The third-order valence-corrected chi connectivity index (χ3v) is 5.76. The van der Waals surface area contributed by atoms with E-state index in [1.165, 1.54) is 5.56 Å². The number of nitrogens with zero attached hydrogens (tertiary/aromatic N) is 1. The molecule has 1 aromatic heterocycles. The molecule has 0 spiro atoms. The Balaban J connectivity index is 2.25. The van der Waals surface area contributed by atoms with E-state index >= 15 is 0 Å². The molecule has 0 aliphatic carbocycles.